The van der Waals surface area contributed by atoms with Crippen LogP contribution in [0.1, 0.15) is 5.82 Å². The molecule has 1 heterocycles. The zero-order chi connectivity index (χ0) is 13.8. The van der Waals surface area contributed by atoms with Gasteiger partial charge in [-0.1, -0.05) is 0 Å². The van der Waals surface area contributed by atoms with Crippen molar-refractivity contribution in [3.05, 3.63) is 11.9 Å². The van der Waals surface area contributed by atoms with Gasteiger partial charge in [0.25, 0.3) is 0 Å². The number of aromatic nitrogens is 2. The van der Waals surface area contributed by atoms with Gasteiger partial charge in [0.15, 0.2) is 0 Å². The van der Waals surface area contributed by atoms with Crippen molar-refractivity contribution in [3.63, 3.8) is 0 Å². The largest absolute Gasteiger partial charge is 0.369 e. The van der Waals surface area contributed by atoms with Gasteiger partial charge in [0.05, 0.1) is 5.75 Å². The molecule has 9 heteroatoms. The van der Waals surface area contributed by atoms with Crippen LogP contribution in [0.3, 0.4) is 0 Å². The number of nitrogens with one attached hydrogen (secondary N) is 2. The van der Waals surface area contributed by atoms with Crippen LogP contribution < -0.4 is 16.6 Å². The summed E-state index contributed by atoms with van der Waals surface area (Å²) >= 11 is 0. The third-order valence-electron chi connectivity index (χ3n) is 2.21. The second-order valence-electron chi connectivity index (χ2n) is 3.86. The van der Waals surface area contributed by atoms with E-state index in [1.54, 1.807) is 13.0 Å². The lowest BCUT2D eigenvalue weighted by Crippen LogP contribution is -2.28. The highest BCUT2D eigenvalue weighted by atomic mass is 32.2. The Labute approximate surface area is 107 Å². The summed E-state index contributed by atoms with van der Waals surface area (Å²) in [7, 11) is -0.206. The van der Waals surface area contributed by atoms with Crippen molar-refractivity contribution < 1.29 is 8.42 Å². The predicted octanol–water partition coefficient (Wildman–Crippen LogP) is -0.626. The molecule has 1 aromatic heterocycles. The lowest BCUT2D eigenvalue weighted by molar-refractivity contribution is 0.521. The Balaban J connectivity index is 2.62. The van der Waals surface area contributed by atoms with Crippen LogP contribution in [0.25, 0.3) is 0 Å². The van der Waals surface area contributed by atoms with E-state index in [9.17, 15) is 8.42 Å². The molecule has 8 nitrogen and oxygen atoms in total. The van der Waals surface area contributed by atoms with Crippen LogP contribution in [0.15, 0.2) is 6.07 Å². The quantitative estimate of drug-likeness (QED) is 0.467. The molecule has 0 unspecified atom stereocenters. The molecule has 18 heavy (non-hydrogen) atoms. The zero-order valence-electron chi connectivity index (χ0n) is 10.6. The molecule has 0 fully saturated rings. The number of aryl methyl sites for hydroxylation is 1. The lowest BCUT2D eigenvalue weighted by atomic mass is 10.5. The Morgan fingerprint density at radius 3 is 2.50 bits per heavy atom. The highest BCUT2D eigenvalue weighted by molar-refractivity contribution is 7.89. The maximum absolute atomic E-state index is 11.5. The van der Waals surface area contributed by atoms with E-state index in [0.717, 1.165) is 0 Å². The van der Waals surface area contributed by atoms with Crippen molar-refractivity contribution in [1.82, 2.24) is 14.3 Å². The molecule has 1 aromatic rings. The van der Waals surface area contributed by atoms with Gasteiger partial charge < -0.3 is 10.7 Å². The maximum atomic E-state index is 11.5. The highest BCUT2D eigenvalue weighted by Gasteiger charge is 2.12. The number of hydrazine groups is 1. The van der Waals surface area contributed by atoms with Gasteiger partial charge in [-0.2, -0.15) is 0 Å². The Morgan fingerprint density at radius 1 is 1.33 bits per heavy atom. The molecule has 0 aliphatic heterocycles. The van der Waals surface area contributed by atoms with Crippen LogP contribution in [0.4, 0.5) is 11.6 Å². The van der Waals surface area contributed by atoms with Gasteiger partial charge in [0, 0.05) is 26.7 Å². The number of anilines is 2. The van der Waals surface area contributed by atoms with Gasteiger partial charge in [-0.25, -0.2) is 28.5 Å². The van der Waals surface area contributed by atoms with Gasteiger partial charge in [-0.05, 0) is 6.92 Å². The van der Waals surface area contributed by atoms with Crippen molar-refractivity contribution in [2.75, 3.05) is 37.1 Å². The van der Waals surface area contributed by atoms with E-state index in [2.05, 4.69) is 20.7 Å². The molecule has 0 saturated heterocycles. The molecule has 0 bridgehead atoms. The summed E-state index contributed by atoms with van der Waals surface area (Å²) in [4.78, 5) is 8.14. The van der Waals surface area contributed by atoms with Crippen molar-refractivity contribution >= 4 is 21.7 Å². The van der Waals surface area contributed by atoms with E-state index in [-0.39, 0.29) is 12.3 Å². The number of nitrogens with two attached hydrogens (primary N) is 1. The van der Waals surface area contributed by atoms with Crippen LogP contribution in [-0.4, -0.2) is 49.1 Å². The monoisotopic (exact) mass is 274 g/mol. The third kappa shape index (κ3) is 4.09. The molecule has 102 valence electrons. The van der Waals surface area contributed by atoms with Gasteiger partial charge >= 0.3 is 0 Å². The van der Waals surface area contributed by atoms with Crippen LogP contribution in [0.5, 0.6) is 0 Å². The van der Waals surface area contributed by atoms with Crippen molar-refractivity contribution in [3.8, 4) is 0 Å². The summed E-state index contributed by atoms with van der Waals surface area (Å²) in [5, 5.41) is 2.92. The van der Waals surface area contributed by atoms with Crippen LogP contribution in [-0.2, 0) is 10.0 Å². The number of hydrogen-bond donors (Lipinski definition) is 3. The van der Waals surface area contributed by atoms with Gasteiger partial charge in [-0.3, -0.25) is 0 Å². The highest BCUT2D eigenvalue weighted by Crippen LogP contribution is 2.09. The van der Waals surface area contributed by atoms with Crippen molar-refractivity contribution in [2.24, 2.45) is 5.84 Å². The van der Waals surface area contributed by atoms with E-state index in [1.165, 1.54) is 18.4 Å². The molecule has 4 N–H and O–H groups in total. The Hall–Kier alpha value is -1.45. The van der Waals surface area contributed by atoms with Crippen LogP contribution in [0, 0.1) is 6.92 Å². The third-order valence-corrected chi connectivity index (χ3v) is 4.04. The van der Waals surface area contributed by atoms with Gasteiger partial charge in [-0.15, -0.1) is 0 Å². The summed E-state index contributed by atoms with van der Waals surface area (Å²) in [6.07, 6.45) is 0. The predicted molar refractivity (Wildman–Crippen MR) is 70.5 cm³/mol. The first-order valence-electron chi connectivity index (χ1n) is 5.31. The molecule has 1 rings (SSSR count). The summed E-state index contributed by atoms with van der Waals surface area (Å²) in [6.45, 7) is 1.99. The molecule has 0 atom stereocenters. The normalized spacial score (nSPS) is 11.6. The minimum atomic E-state index is -3.21. The second-order valence-corrected chi connectivity index (χ2v) is 6.16. The second kappa shape index (κ2) is 5.94. The molecule has 0 amide bonds. The first kappa shape index (κ1) is 14.6. The average molecular weight is 274 g/mol. The number of rotatable bonds is 6. The smallest absolute Gasteiger partial charge is 0.215 e. The standard InChI is InChI=1S/C9H18N6O2S/c1-7-12-8(6-9(13-7)14-10)11-4-5-18(16,17)15(2)3/h6H,4-5,10H2,1-3H3,(H2,11,12,13,14). The number of sulfonamides is 1. The Morgan fingerprint density at radius 2 is 1.94 bits per heavy atom. The average Bonchev–Trinajstić information content (AvgIpc) is 2.27. The summed E-state index contributed by atoms with van der Waals surface area (Å²) in [6, 6.07) is 1.61. The van der Waals surface area contributed by atoms with E-state index in [1.807, 2.05) is 0 Å². The number of hydrogen-bond acceptors (Lipinski definition) is 7. The van der Waals surface area contributed by atoms with E-state index in [0.29, 0.717) is 17.5 Å². The molecular weight excluding hydrogens is 256 g/mol. The SMILES string of the molecule is Cc1nc(NN)cc(NCCS(=O)(=O)N(C)C)n1. The van der Waals surface area contributed by atoms with Gasteiger partial charge in [0.1, 0.15) is 17.5 Å². The maximum Gasteiger partial charge on any atom is 0.215 e. The van der Waals surface area contributed by atoms with Crippen LogP contribution in [0.2, 0.25) is 0 Å². The topological polar surface area (TPSA) is 113 Å². The summed E-state index contributed by atoms with van der Waals surface area (Å²) < 4.78 is 24.3. The van der Waals surface area contributed by atoms with Crippen molar-refractivity contribution in [1.29, 1.82) is 0 Å². The van der Waals surface area contributed by atoms with Crippen LogP contribution >= 0.6 is 0 Å². The first-order chi connectivity index (χ1) is 8.35. The van der Waals surface area contributed by atoms with E-state index >= 15 is 0 Å². The van der Waals surface area contributed by atoms with E-state index in [4.69, 9.17) is 5.84 Å². The zero-order valence-corrected chi connectivity index (χ0v) is 11.5. The molecule has 0 aliphatic carbocycles. The minimum Gasteiger partial charge on any atom is -0.369 e. The number of nitrogen functional groups attached to an aromatic ring is 1. The van der Waals surface area contributed by atoms with E-state index < -0.39 is 10.0 Å². The Kier molecular flexibility index (Phi) is 4.82. The minimum absolute atomic E-state index is 0.00552. The fraction of sp³-hybridized carbons (Fsp3) is 0.556. The van der Waals surface area contributed by atoms with Crippen molar-refractivity contribution in [2.45, 2.75) is 6.92 Å². The molecule has 0 aliphatic rings. The molecule has 0 spiro atoms. The molecular formula is C9H18N6O2S. The molecule has 0 saturated carbocycles. The molecule has 0 radical (unpaired) electrons. The first-order valence-corrected chi connectivity index (χ1v) is 6.92. The van der Waals surface area contributed by atoms with Gasteiger partial charge in [0.2, 0.25) is 10.0 Å². The lowest BCUT2D eigenvalue weighted by Gasteiger charge is -2.12. The molecule has 0 aromatic carbocycles. The number of nitrogens with zero attached hydrogens (tertiary/aromatic N) is 3. The summed E-state index contributed by atoms with van der Waals surface area (Å²) in [5.41, 5.74) is 2.42. The summed E-state index contributed by atoms with van der Waals surface area (Å²) in [5.74, 6) is 6.80. The fourth-order valence-electron chi connectivity index (χ4n) is 1.22. The fourth-order valence-corrected chi connectivity index (χ4v) is 1.95. The Bertz CT molecular complexity index is 502.